The van der Waals surface area contributed by atoms with Gasteiger partial charge < -0.3 is 20.5 Å². The second-order valence-corrected chi connectivity index (χ2v) is 7.30. The molecule has 3 N–H and O–H groups in total. The van der Waals surface area contributed by atoms with Gasteiger partial charge in [0, 0.05) is 28.4 Å². The van der Waals surface area contributed by atoms with Gasteiger partial charge in [0.2, 0.25) is 11.8 Å². The lowest BCUT2D eigenvalue weighted by molar-refractivity contribution is -0.131. The van der Waals surface area contributed by atoms with Crippen LogP contribution in [0.25, 0.3) is 0 Å². The number of hydrogen-bond donors (Lipinski definition) is 3. The zero-order valence-electron chi connectivity index (χ0n) is 16.6. The number of unbranched alkanes of at least 4 members (excludes halogenated alkanes) is 1. The Morgan fingerprint density at radius 2 is 1.80 bits per heavy atom. The minimum absolute atomic E-state index is 0.154. The van der Waals surface area contributed by atoms with Crippen molar-refractivity contribution in [3.8, 4) is 5.75 Å². The fraction of sp³-hybridized carbons (Fsp3) is 0.227. The highest BCUT2D eigenvalue weighted by Crippen LogP contribution is 2.22. The fourth-order valence-electron chi connectivity index (χ4n) is 2.31. The van der Waals surface area contributed by atoms with E-state index in [1.807, 2.05) is 18.2 Å². The predicted molar refractivity (Wildman–Crippen MR) is 118 cm³/mol. The number of rotatable bonds is 11. The van der Waals surface area contributed by atoms with Crippen molar-refractivity contribution in [2.45, 2.75) is 24.7 Å². The van der Waals surface area contributed by atoms with E-state index in [-0.39, 0.29) is 11.7 Å². The molecule has 0 unspecified atom stereocenters. The molecule has 0 aromatic heterocycles. The smallest absolute Gasteiger partial charge is 0.328 e. The number of carboxylic acids is 1. The Labute approximate surface area is 179 Å². The average Bonchev–Trinajstić information content (AvgIpc) is 2.72. The van der Waals surface area contributed by atoms with Crippen LogP contribution in [-0.2, 0) is 14.4 Å². The van der Waals surface area contributed by atoms with Crippen molar-refractivity contribution in [2.24, 2.45) is 0 Å². The van der Waals surface area contributed by atoms with Gasteiger partial charge in [-0.2, -0.15) is 0 Å². The van der Waals surface area contributed by atoms with Gasteiger partial charge >= 0.3 is 5.97 Å². The van der Waals surface area contributed by atoms with Gasteiger partial charge in [0.1, 0.15) is 5.75 Å². The normalized spacial score (nSPS) is 10.6. The van der Waals surface area contributed by atoms with E-state index >= 15 is 0 Å². The summed E-state index contributed by atoms with van der Waals surface area (Å²) in [4.78, 5) is 35.1. The molecule has 0 saturated carbocycles. The van der Waals surface area contributed by atoms with Crippen molar-refractivity contribution < 1.29 is 24.2 Å². The first kappa shape index (κ1) is 23.0. The lowest BCUT2D eigenvalue weighted by Gasteiger charge is -2.09. The first-order valence-electron chi connectivity index (χ1n) is 9.44. The van der Waals surface area contributed by atoms with E-state index in [4.69, 9.17) is 9.84 Å². The Morgan fingerprint density at radius 1 is 1.03 bits per heavy atom. The van der Waals surface area contributed by atoms with Crippen LogP contribution >= 0.6 is 11.8 Å². The van der Waals surface area contributed by atoms with Crippen LogP contribution in [0.4, 0.5) is 11.4 Å². The minimum Gasteiger partial charge on any atom is -0.494 e. The molecule has 0 aliphatic rings. The highest BCUT2D eigenvalue weighted by molar-refractivity contribution is 8.00. The number of carboxylic acid groups (broad SMARTS) is 1. The van der Waals surface area contributed by atoms with E-state index in [2.05, 4.69) is 17.6 Å². The number of ether oxygens (including phenoxy) is 1. The lowest BCUT2D eigenvalue weighted by atomic mass is 10.3. The van der Waals surface area contributed by atoms with Crippen LogP contribution in [0.3, 0.4) is 0 Å². The Kier molecular flexibility index (Phi) is 9.47. The van der Waals surface area contributed by atoms with Gasteiger partial charge in [-0.15, -0.1) is 11.8 Å². The molecule has 0 bridgehead atoms. The van der Waals surface area contributed by atoms with E-state index < -0.39 is 11.9 Å². The number of carbonyl (C=O) groups is 3. The molecule has 0 heterocycles. The summed E-state index contributed by atoms with van der Waals surface area (Å²) in [6.07, 6.45) is 3.78. The van der Waals surface area contributed by atoms with Crippen LogP contribution in [-0.4, -0.2) is 35.2 Å². The number of anilines is 2. The molecular formula is C22H24N2O5S. The number of hydrogen-bond acceptors (Lipinski definition) is 5. The summed E-state index contributed by atoms with van der Waals surface area (Å²) >= 11 is 1.32. The molecule has 0 aliphatic heterocycles. The van der Waals surface area contributed by atoms with E-state index in [1.165, 1.54) is 11.8 Å². The summed E-state index contributed by atoms with van der Waals surface area (Å²) < 4.78 is 5.60. The monoisotopic (exact) mass is 428 g/mol. The summed E-state index contributed by atoms with van der Waals surface area (Å²) in [6, 6.07) is 14.2. The van der Waals surface area contributed by atoms with Crippen molar-refractivity contribution in [1.82, 2.24) is 0 Å². The zero-order chi connectivity index (χ0) is 21.8. The van der Waals surface area contributed by atoms with Gasteiger partial charge in [-0.1, -0.05) is 19.4 Å². The van der Waals surface area contributed by atoms with Gasteiger partial charge in [-0.3, -0.25) is 9.59 Å². The Hall–Kier alpha value is -3.26. The van der Waals surface area contributed by atoms with Crippen LogP contribution in [0.1, 0.15) is 19.8 Å². The molecule has 158 valence electrons. The van der Waals surface area contributed by atoms with Crippen LogP contribution in [0.5, 0.6) is 5.75 Å². The third-order valence-electron chi connectivity index (χ3n) is 3.75. The number of thioether (sulfide) groups is 1. The molecule has 2 aromatic rings. The van der Waals surface area contributed by atoms with Gasteiger partial charge in [0.05, 0.1) is 12.4 Å². The van der Waals surface area contributed by atoms with Crippen LogP contribution in [0, 0.1) is 0 Å². The summed E-state index contributed by atoms with van der Waals surface area (Å²) in [6.45, 7) is 2.78. The van der Waals surface area contributed by atoms with Crippen molar-refractivity contribution in [1.29, 1.82) is 0 Å². The molecule has 0 aliphatic carbocycles. The van der Waals surface area contributed by atoms with Crippen LogP contribution in [0.2, 0.25) is 0 Å². The molecule has 30 heavy (non-hydrogen) atoms. The number of benzene rings is 2. The van der Waals surface area contributed by atoms with Crippen LogP contribution in [0.15, 0.2) is 65.6 Å². The molecule has 7 nitrogen and oxygen atoms in total. The molecule has 2 amide bonds. The maximum Gasteiger partial charge on any atom is 0.328 e. The predicted octanol–water partition coefficient (Wildman–Crippen LogP) is 4.18. The topological polar surface area (TPSA) is 105 Å². The Bertz CT molecular complexity index is 897. The van der Waals surface area contributed by atoms with E-state index in [1.54, 1.807) is 30.3 Å². The van der Waals surface area contributed by atoms with Gasteiger partial charge in [0.25, 0.3) is 0 Å². The second kappa shape index (κ2) is 12.3. The fourth-order valence-corrected chi connectivity index (χ4v) is 3.06. The summed E-state index contributed by atoms with van der Waals surface area (Å²) in [5, 5.41) is 13.9. The quantitative estimate of drug-likeness (QED) is 0.282. The van der Waals surface area contributed by atoms with Crippen molar-refractivity contribution >= 4 is 40.9 Å². The summed E-state index contributed by atoms with van der Waals surface area (Å²) in [5.41, 5.74) is 1.20. The first-order valence-corrected chi connectivity index (χ1v) is 10.4. The van der Waals surface area contributed by atoms with Crippen LogP contribution < -0.4 is 15.4 Å². The highest BCUT2D eigenvalue weighted by atomic mass is 32.2. The average molecular weight is 429 g/mol. The molecule has 0 saturated heterocycles. The number of aliphatic carboxylic acids is 1. The SMILES string of the molecule is CCCCOc1ccc(NC(=O)CSc2cccc(NC(=O)/C=C/C(=O)O)c2)cc1. The summed E-state index contributed by atoms with van der Waals surface area (Å²) in [7, 11) is 0. The van der Waals surface area contributed by atoms with Gasteiger partial charge in [0.15, 0.2) is 0 Å². The minimum atomic E-state index is -1.20. The second-order valence-electron chi connectivity index (χ2n) is 6.25. The molecule has 0 atom stereocenters. The standard InChI is InChI=1S/C22H24N2O5S/c1-2-3-13-29-18-9-7-16(8-10-18)23-21(26)15-30-19-6-4-5-17(14-19)24-20(25)11-12-22(27)28/h4-12,14H,2-3,13,15H2,1H3,(H,23,26)(H,24,25)(H,27,28)/b12-11+. The van der Waals surface area contributed by atoms with Crippen molar-refractivity contribution in [2.75, 3.05) is 23.0 Å². The molecule has 2 aromatic carbocycles. The third kappa shape index (κ3) is 8.83. The maximum atomic E-state index is 12.2. The largest absolute Gasteiger partial charge is 0.494 e. The van der Waals surface area contributed by atoms with Crippen molar-refractivity contribution in [3.63, 3.8) is 0 Å². The maximum absolute atomic E-state index is 12.2. The Morgan fingerprint density at radius 3 is 2.50 bits per heavy atom. The number of nitrogens with one attached hydrogen (secondary N) is 2. The van der Waals surface area contributed by atoms with Gasteiger partial charge in [-0.25, -0.2) is 4.79 Å². The molecule has 0 spiro atoms. The van der Waals surface area contributed by atoms with E-state index in [0.717, 1.165) is 35.6 Å². The molecular weight excluding hydrogens is 404 g/mol. The molecule has 0 radical (unpaired) electrons. The lowest BCUT2D eigenvalue weighted by Crippen LogP contribution is -2.14. The van der Waals surface area contributed by atoms with Crippen molar-refractivity contribution in [3.05, 3.63) is 60.7 Å². The molecule has 8 heteroatoms. The zero-order valence-corrected chi connectivity index (χ0v) is 17.4. The van der Waals surface area contributed by atoms with E-state index in [9.17, 15) is 14.4 Å². The highest BCUT2D eigenvalue weighted by Gasteiger charge is 2.06. The first-order chi connectivity index (χ1) is 14.5. The Balaban J connectivity index is 1.81. The molecule has 0 fully saturated rings. The molecule has 2 rings (SSSR count). The van der Waals surface area contributed by atoms with Gasteiger partial charge in [-0.05, 0) is 48.9 Å². The third-order valence-corrected chi connectivity index (χ3v) is 4.75. The van der Waals surface area contributed by atoms with E-state index in [0.29, 0.717) is 18.0 Å². The summed E-state index contributed by atoms with van der Waals surface area (Å²) in [5.74, 6) is -0.921. The number of amides is 2. The number of carbonyl (C=O) groups excluding carboxylic acids is 2.